The fourth-order valence-electron chi connectivity index (χ4n) is 1.09. The van der Waals surface area contributed by atoms with Gasteiger partial charge in [0.15, 0.2) is 0 Å². The van der Waals surface area contributed by atoms with E-state index in [-0.39, 0.29) is 18.9 Å². The van der Waals surface area contributed by atoms with Gasteiger partial charge in [0.25, 0.3) is 0 Å². The smallest absolute Gasteiger partial charge is 0.326 e. The third-order valence-electron chi connectivity index (χ3n) is 2.13. The average molecular weight is 259 g/mol. The Balaban J connectivity index is 3.89. The Labute approximate surface area is 106 Å². The molecule has 7 nitrogen and oxygen atoms in total. The summed E-state index contributed by atoms with van der Waals surface area (Å²) in [5.41, 5.74) is 0. The summed E-state index contributed by atoms with van der Waals surface area (Å²) in [6, 6.07) is -1.60. The lowest BCUT2D eigenvalue weighted by Gasteiger charge is -2.13. The van der Waals surface area contributed by atoms with Gasteiger partial charge < -0.3 is 21.1 Å². The van der Waals surface area contributed by atoms with Crippen molar-refractivity contribution in [2.45, 2.75) is 33.2 Å². The highest BCUT2D eigenvalue weighted by Gasteiger charge is 2.17. The Kier molecular flexibility index (Phi) is 7.50. The fourth-order valence-corrected chi connectivity index (χ4v) is 1.09. The minimum atomic E-state index is -1.10. The highest BCUT2D eigenvalue weighted by atomic mass is 16.4. The number of carboxylic acids is 1. The van der Waals surface area contributed by atoms with Crippen LogP contribution in [-0.2, 0) is 9.59 Å². The molecule has 0 saturated carbocycles. The first kappa shape index (κ1) is 16.2. The normalized spacial score (nSPS) is 11.8. The van der Waals surface area contributed by atoms with Crippen molar-refractivity contribution in [2.24, 2.45) is 5.92 Å². The van der Waals surface area contributed by atoms with Crippen molar-refractivity contribution in [1.82, 2.24) is 16.0 Å². The average Bonchev–Trinajstić information content (AvgIpc) is 2.30. The number of urea groups is 1. The summed E-state index contributed by atoms with van der Waals surface area (Å²) in [7, 11) is 0. The monoisotopic (exact) mass is 259 g/mol. The van der Waals surface area contributed by atoms with E-state index in [0.717, 1.165) is 0 Å². The Morgan fingerprint density at radius 3 is 2.22 bits per heavy atom. The predicted molar refractivity (Wildman–Crippen MR) is 66.1 cm³/mol. The molecular formula is C11H21N3O4. The van der Waals surface area contributed by atoms with Crippen molar-refractivity contribution in [2.75, 3.05) is 13.1 Å². The number of aliphatic carboxylic acids is 1. The SMILES string of the molecule is CCC(NC(=O)NCC(=O)NCC(C)C)C(=O)O. The van der Waals surface area contributed by atoms with Crippen LogP contribution in [0, 0.1) is 5.92 Å². The molecule has 1 atom stereocenters. The van der Waals surface area contributed by atoms with E-state index in [1.807, 2.05) is 13.8 Å². The van der Waals surface area contributed by atoms with Gasteiger partial charge in [-0.05, 0) is 12.3 Å². The van der Waals surface area contributed by atoms with Gasteiger partial charge in [-0.15, -0.1) is 0 Å². The number of hydrogen-bond donors (Lipinski definition) is 4. The summed E-state index contributed by atoms with van der Waals surface area (Å²) >= 11 is 0. The van der Waals surface area contributed by atoms with Crippen LogP contribution >= 0.6 is 0 Å². The zero-order chi connectivity index (χ0) is 14.1. The molecule has 1 unspecified atom stereocenters. The number of amides is 3. The van der Waals surface area contributed by atoms with Crippen LogP contribution in [0.15, 0.2) is 0 Å². The molecule has 4 N–H and O–H groups in total. The summed E-state index contributed by atoms with van der Waals surface area (Å²) in [5.74, 6) is -1.07. The van der Waals surface area contributed by atoms with E-state index in [0.29, 0.717) is 12.5 Å². The molecule has 0 radical (unpaired) electrons. The second kappa shape index (κ2) is 8.32. The summed E-state index contributed by atoms with van der Waals surface area (Å²) in [6.07, 6.45) is 0.280. The molecule has 0 spiro atoms. The van der Waals surface area contributed by atoms with Gasteiger partial charge in [0, 0.05) is 6.54 Å². The number of carbonyl (C=O) groups excluding carboxylic acids is 2. The Morgan fingerprint density at radius 1 is 1.17 bits per heavy atom. The molecule has 0 fully saturated rings. The molecule has 18 heavy (non-hydrogen) atoms. The topological polar surface area (TPSA) is 108 Å². The molecule has 0 aliphatic heterocycles. The van der Waals surface area contributed by atoms with Crippen LogP contribution in [0.2, 0.25) is 0 Å². The predicted octanol–water partition coefficient (Wildman–Crippen LogP) is -0.0790. The van der Waals surface area contributed by atoms with E-state index in [1.54, 1.807) is 6.92 Å². The van der Waals surface area contributed by atoms with Crippen molar-refractivity contribution in [3.8, 4) is 0 Å². The van der Waals surface area contributed by atoms with E-state index in [1.165, 1.54) is 0 Å². The number of carboxylic acid groups (broad SMARTS) is 1. The van der Waals surface area contributed by atoms with Gasteiger partial charge in [0.2, 0.25) is 5.91 Å². The minimum Gasteiger partial charge on any atom is -0.480 e. The molecule has 0 aromatic heterocycles. The quantitative estimate of drug-likeness (QED) is 0.513. The molecule has 0 aromatic carbocycles. The van der Waals surface area contributed by atoms with Gasteiger partial charge >= 0.3 is 12.0 Å². The molecule has 0 saturated heterocycles. The molecule has 0 aliphatic carbocycles. The molecule has 0 bridgehead atoms. The molecule has 3 amide bonds. The van der Waals surface area contributed by atoms with Crippen molar-refractivity contribution in [1.29, 1.82) is 0 Å². The van der Waals surface area contributed by atoms with E-state index in [2.05, 4.69) is 16.0 Å². The van der Waals surface area contributed by atoms with Crippen LogP contribution in [0.1, 0.15) is 27.2 Å². The number of nitrogens with one attached hydrogen (secondary N) is 3. The van der Waals surface area contributed by atoms with Crippen LogP contribution in [0.5, 0.6) is 0 Å². The maximum Gasteiger partial charge on any atom is 0.326 e. The fraction of sp³-hybridized carbons (Fsp3) is 0.727. The lowest BCUT2D eigenvalue weighted by atomic mass is 10.2. The standard InChI is InChI=1S/C11H21N3O4/c1-4-8(10(16)17)14-11(18)13-6-9(15)12-5-7(2)3/h7-8H,4-6H2,1-3H3,(H,12,15)(H,16,17)(H2,13,14,18). The second-order valence-electron chi connectivity index (χ2n) is 4.32. The Hall–Kier alpha value is -1.79. The van der Waals surface area contributed by atoms with Crippen LogP contribution in [0.3, 0.4) is 0 Å². The third kappa shape index (κ3) is 7.48. The highest BCUT2D eigenvalue weighted by Crippen LogP contribution is 1.90. The van der Waals surface area contributed by atoms with Crippen LogP contribution in [0.25, 0.3) is 0 Å². The molecule has 104 valence electrons. The van der Waals surface area contributed by atoms with Gasteiger partial charge in [-0.1, -0.05) is 20.8 Å². The minimum absolute atomic E-state index is 0.172. The van der Waals surface area contributed by atoms with Crippen molar-refractivity contribution in [3.63, 3.8) is 0 Å². The molecule has 0 heterocycles. The van der Waals surface area contributed by atoms with Crippen molar-refractivity contribution >= 4 is 17.9 Å². The van der Waals surface area contributed by atoms with E-state index in [9.17, 15) is 14.4 Å². The number of rotatable bonds is 7. The molecule has 0 aliphatic rings. The number of hydrogen-bond acceptors (Lipinski definition) is 3. The Morgan fingerprint density at radius 2 is 1.78 bits per heavy atom. The number of carbonyl (C=O) groups is 3. The summed E-state index contributed by atoms with van der Waals surface area (Å²) < 4.78 is 0. The van der Waals surface area contributed by atoms with Crippen LogP contribution < -0.4 is 16.0 Å². The largest absolute Gasteiger partial charge is 0.480 e. The molecule has 7 heteroatoms. The van der Waals surface area contributed by atoms with Gasteiger partial charge in [-0.2, -0.15) is 0 Å². The maximum absolute atomic E-state index is 11.3. The maximum atomic E-state index is 11.3. The van der Waals surface area contributed by atoms with Crippen molar-refractivity contribution < 1.29 is 19.5 Å². The lowest BCUT2D eigenvalue weighted by molar-refractivity contribution is -0.139. The summed E-state index contributed by atoms with van der Waals surface area (Å²) in [4.78, 5) is 33.2. The zero-order valence-electron chi connectivity index (χ0n) is 10.9. The molecule has 0 aromatic rings. The van der Waals surface area contributed by atoms with Gasteiger partial charge in [-0.3, -0.25) is 4.79 Å². The van der Waals surface area contributed by atoms with Gasteiger partial charge in [0.05, 0.1) is 6.54 Å². The summed E-state index contributed by atoms with van der Waals surface area (Å²) in [5, 5.41) is 15.9. The summed E-state index contributed by atoms with van der Waals surface area (Å²) in [6.45, 7) is 5.93. The van der Waals surface area contributed by atoms with Gasteiger partial charge in [0.1, 0.15) is 6.04 Å². The first-order chi connectivity index (χ1) is 8.36. The van der Waals surface area contributed by atoms with E-state index >= 15 is 0 Å². The van der Waals surface area contributed by atoms with Gasteiger partial charge in [-0.25, -0.2) is 9.59 Å². The van der Waals surface area contributed by atoms with E-state index < -0.39 is 18.0 Å². The second-order valence-corrected chi connectivity index (χ2v) is 4.32. The van der Waals surface area contributed by atoms with Crippen molar-refractivity contribution in [3.05, 3.63) is 0 Å². The highest BCUT2D eigenvalue weighted by molar-refractivity contribution is 5.86. The van der Waals surface area contributed by atoms with Crippen LogP contribution in [-0.4, -0.2) is 42.1 Å². The molecule has 0 rings (SSSR count). The van der Waals surface area contributed by atoms with E-state index in [4.69, 9.17) is 5.11 Å². The zero-order valence-corrected chi connectivity index (χ0v) is 10.9. The molecular weight excluding hydrogens is 238 g/mol. The first-order valence-electron chi connectivity index (χ1n) is 5.90. The third-order valence-corrected chi connectivity index (χ3v) is 2.13. The Bertz CT molecular complexity index is 305. The van der Waals surface area contributed by atoms with Crippen LogP contribution in [0.4, 0.5) is 4.79 Å². The first-order valence-corrected chi connectivity index (χ1v) is 5.90. The lowest BCUT2D eigenvalue weighted by Crippen LogP contribution is -2.48.